The summed E-state index contributed by atoms with van der Waals surface area (Å²) in [4.78, 5) is 0. The second-order valence-corrected chi connectivity index (χ2v) is 5.42. The second kappa shape index (κ2) is 9.19. The van der Waals surface area contributed by atoms with Crippen molar-refractivity contribution in [2.75, 3.05) is 6.54 Å². The highest BCUT2D eigenvalue weighted by atomic mass is 16.3. The number of hydrogen-bond donors (Lipinski definition) is 1. The zero-order chi connectivity index (χ0) is 14.1. The van der Waals surface area contributed by atoms with Gasteiger partial charge in [0.05, 0.1) is 6.04 Å². The number of hydrogen-bond acceptors (Lipinski definition) is 2. The predicted octanol–water partition coefficient (Wildman–Crippen LogP) is 5.10. The summed E-state index contributed by atoms with van der Waals surface area (Å²) < 4.78 is 5.93. The van der Waals surface area contributed by atoms with E-state index in [0.29, 0.717) is 6.04 Å². The summed E-state index contributed by atoms with van der Waals surface area (Å²) >= 11 is 0. The van der Waals surface area contributed by atoms with Crippen LogP contribution in [0, 0.1) is 5.92 Å². The van der Waals surface area contributed by atoms with Crippen LogP contribution < -0.4 is 5.32 Å². The van der Waals surface area contributed by atoms with Crippen molar-refractivity contribution in [3.63, 3.8) is 0 Å². The maximum absolute atomic E-state index is 5.93. The molecular weight excluding hydrogens is 234 g/mol. The van der Waals surface area contributed by atoms with Gasteiger partial charge in [0.2, 0.25) is 0 Å². The Kier molecular flexibility index (Phi) is 7.88. The van der Waals surface area contributed by atoms with Crippen molar-refractivity contribution in [3.8, 4) is 0 Å². The molecule has 0 fully saturated rings. The minimum Gasteiger partial charge on any atom is -0.464 e. The van der Waals surface area contributed by atoms with Crippen molar-refractivity contribution < 1.29 is 4.42 Å². The molecule has 2 nitrogen and oxygen atoms in total. The van der Waals surface area contributed by atoms with Crippen molar-refractivity contribution >= 4 is 0 Å². The quantitative estimate of drug-likeness (QED) is 0.636. The van der Waals surface area contributed by atoms with E-state index in [9.17, 15) is 0 Å². The summed E-state index contributed by atoms with van der Waals surface area (Å²) in [5, 5.41) is 3.58. The summed E-state index contributed by atoms with van der Waals surface area (Å²) in [6.45, 7) is 9.89. The standard InChI is InChI=1S/C17H31NO/c1-5-9-10-14(6-2)13-16(18-8-4)17-12-11-15(7-3)19-17/h11-12,14,16,18H,5-10,13H2,1-4H3. The minimum absolute atomic E-state index is 0.382. The molecule has 1 aromatic rings. The van der Waals surface area contributed by atoms with Gasteiger partial charge in [0, 0.05) is 6.42 Å². The maximum Gasteiger partial charge on any atom is 0.121 e. The van der Waals surface area contributed by atoms with Gasteiger partial charge < -0.3 is 9.73 Å². The van der Waals surface area contributed by atoms with E-state index in [1.807, 2.05) is 0 Å². The molecule has 0 aliphatic carbocycles. The monoisotopic (exact) mass is 265 g/mol. The van der Waals surface area contributed by atoms with E-state index in [4.69, 9.17) is 4.42 Å². The van der Waals surface area contributed by atoms with E-state index >= 15 is 0 Å². The third-order valence-corrected chi connectivity index (χ3v) is 3.94. The molecule has 0 saturated carbocycles. The number of unbranched alkanes of at least 4 members (excludes halogenated alkanes) is 1. The first-order valence-electron chi connectivity index (χ1n) is 8.06. The van der Waals surface area contributed by atoms with Gasteiger partial charge in [0.25, 0.3) is 0 Å². The van der Waals surface area contributed by atoms with Gasteiger partial charge in [-0.15, -0.1) is 0 Å². The Labute approximate surface area is 119 Å². The fourth-order valence-corrected chi connectivity index (χ4v) is 2.63. The maximum atomic E-state index is 5.93. The van der Waals surface area contributed by atoms with E-state index in [2.05, 4.69) is 45.1 Å². The van der Waals surface area contributed by atoms with Crippen LogP contribution in [-0.4, -0.2) is 6.54 Å². The van der Waals surface area contributed by atoms with Crippen LogP contribution in [0.4, 0.5) is 0 Å². The fourth-order valence-electron chi connectivity index (χ4n) is 2.63. The zero-order valence-electron chi connectivity index (χ0n) is 13.2. The van der Waals surface area contributed by atoms with Crippen molar-refractivity contribution in [1.82, 2.24) is 5.32 Å². The van der Waals surface area contributed by atoms with E-state index < -0.39 is 0 Å². The lowest BCUT2D eigenvalue weighted by molar-refractivity contribution is 0.315. The van der Waals surface area contributed by atoms with Gasteiger partial charge in [-0.25, -0.2) is 0 Å². The van der Waals surface area contributed by atoms with E-state index in [-0.39, 0.29) is 0 Å². The molecule has 0 aliphatic rings. The highest BCUT2D eigenvalue weighted by Crippen LogP contribution is 2.28. The van der Waals surface area contributed by atoms with Crippen LogP contribution in [0.2, 0.25) is 0 Å². The summed E-state index contributed by atoms with van der Waals surface area (Å²) in [5.41, 5.74) is 0. The van der Waals surface area contributed by atoms with Crippen LogP contribution >= 0.6 is 0 Å². The molecule has 1 heterocycles. The summed E-state index contributed by atoms with van der Waals surface area (Å²) in [6.07, 6.45) is 7.42. The van der Waals surface area contributed by atoms with Gasteiger partial charge in [-0.1, -0.05) is 53.4 Å². The molecule has 0 spiro atoms. The lowest BCUT2D eigenvalue weighted by Gasteiger charge is -2.22. The van der Waals surface area contributed by atoms with Crippen molar-refractivity contribution in [1.29, 1.82) is 0 Å². The summed E-state index contributed by atoms with van der Waals surface area (Å²) in [6, 6.07) is 4.65. The first kappa shape index (κ1) is 16.3. The topological polar surface area (TPSA) is 25.2 Å². The lowest BCUT2D eigenvalue weighted by Crippen LogP contribution is -2.23. The van der Waals surface area contributed by atoms with Crippen LogP contribution in [0.1, 0.15) is 77.4 Å². The first-order chi connectivity index (χ1) is 9.24. The molecule has 2 atom stereocenters. The van der Waals surface area contributed by atoms with Crippen molar-refractivity contribution in [3.05, 3.63) is 23.7 Å². The molecule has 19 heavy (non-hydrogen) atoms. The van der Waals surface area contributed by atoms with Gasteiger partial charge in [-0.05, 0) is 31.0 Å². The van der Waals surface area contributed by atoms with Gasteiger partial charge in [-0.2, -0.15) is 0 Å². The largest absolute Gasteiger partial charge is 0.464 e. The molecule has 0 amide bonds. The SMILES string of the molecule is CCCCC(CC)CC(NCC)c1ccc(CC)o1. The number of furan rings is 1. The molecule has 2 heteroatoms. The Balaban J connectivity index is 2.64. The van der Waals surface area contributed by atoms with Gasteiger partial charge in [-0.3, -0.25) is 0 Å². The Morgan fingerprint density at radius 2 is 1.95 bits per heavy atom. The van der Waals surface area contributed by atoms with E-state index in [1.165, 1.54) is 32.1 Å². The molecule has 0 bridgehead atoms. The normalized spacial score (nSPS) is 14.5. The van der Waals surface area contributed by atoms with E-state index in [0.717, 1.165) is 30.4 Å². The van der Waals surface area contributed by atoms with E-state index in [1.54, 1.807) is 0 Å². The average molecular weight is 265 g/mol. The molecule has 0 aromatic carbocycles. The molecule has 0 radical (unpaired) electrons. The van der Waals surface area contributed by atoms with Crippen LogP contribution in [0.25, 0.3) is 0 Å². The number of aryl methyl sites for hydroxylation is 1. The Bertz CT molecular complexity index is 332. The Morgan fingerprint density at radius 3 is 2.47 bits per heavy atom. The van der Waals surface area contributed by atoms with Crippen LogP contribution in [0.5, 0.6) is 0 Å². The van der Waals surface area contributed by atoms with Gasteiger partial charge >= 0.3 is 0 Å². The highest BCUT2D eigenvalue weighted by Gasteiger charge is 2.19. The number of nitrogens with one attached hydrogen (secondary N) is 1. The fraction of sp³-hybridized carbons (Fsp3) is 0.765. The molecular formula is C17H31NO. The molecule has 110 valence electrons. The highest BCUT2D eigenvalue weighted by molar-refractivity contribution is 5.11. The zero-order valence-corrected chi connectivity index (χ0v) is 13.2. The predicted molar refractivity (Wildman–Crippen MR) is 82.4 cm³/mol. The van der Waals surface area contributed by atoms with Crippen LogP contribution in [-0.2, 0) is 6.42 Å². The molecule has 1 rings (SSSR count). The lowest BCUT2D eigenvalue weighted by atomic mass is 9.91. The third kappa shape index (κ3) is 5.40. The molecule has 0 saturated heterocycles. The molecule has 2 unspecified atom stereocenters. The second-order valence-electron chi connectivity index (χ2n) is 5.42. The first-order valence-corrected chi connectivity index (χ1v) is 8.06. The van der Waals surface area contributed by atoms with Crippen LogP contribution in [0.3, 0.4) is 0 Å². The minimum atomic E-state index is 0.382. The molecule has 1 N–H and O–H groups in total. The Morgan fingerprint density at radius 1 is 1.16 bits per heavy atom. The molecule has 1 aromatic heterocycles. The summed E-state index contributed by atoms with van der Waals surface area (Å²) in [7, 11) is 0. The van der Waals surface area contributed by atoms with Gasteiger partial charge in [0.1, 0.15) is 11.5 Å². The van der Waals surface area contributed by atoms with Crippen molar-refractivity contribution in [2.24, 2.45) is 5.92 Å². The number of rotatable bonds is 10. The smallest absolute Gasteiger partial charge is 0.121 e. The van der Waals surface area contributed by atoms with Crippen LogP contribution in [0.15, 0.2) is 16.5 Å². The van der Waals surface area contributed by atoms with Crippen molar-refractivity contribution in [2.45, 2.75) is 72.3 Å². The average Bonchev–Trinajstić information content (AvgIpc) is 2.91. The Hall–Kier alpha value is -0.760. The summed E-state index contributed by atoms with van der Waals surface area (Å²) in [5.74, 6) is 3.02. The third-order valence-electron chi connectivity index (χ3n) is 3.94. The molecule has 0 aliphatic heterocycles. The van der Waals surface area contributed by atoms with Gasteiger partial charge in [0.15, 0.2) is 0 Å².